The second-order valence-electron chi connectivity index (χ2n) is 4.78. The predicted octanol–water partition coefficient (Wildman–Crippen LogP) is 0.809. The maximum atomic E-state index is 11.7. The molecular weight excluding hydrogens is 220 g/mol. The fourth-order valence-electron chi connectivity index (χ4n) is 2.56. The zero-order chi connectivity index (χ0) is 12.0. The van der Waals surface area contributed by atoms with Crippen LogP contribution in [0.25, 0.3) is 0 Å². The maximum absolute atomic E-state index is 11.7. The van der Waals surface area contributed by atoms with Crippen LogP contribution >= 0.6 is 0 Å². The third-order valence-corrected chi connectivity index (χ3v) is 3.42. The van der Waals surface area contributed by atoms with Gasteiger partial charge in [0, 0.05) is 23.8 Å². The summed E-state index contributed by atoms with van der Waals surface area (Å²) in [6.45, 7) is 1.98. The molecule has 0 aromatic carbocycles. The first-order chi connectivity index (χ1) is 8.08. The Morgan fingerprint density at radius 2 is 1.82 bits per heavy atom. The van der Waals surface area contributed by atoms with Gasteiger partial charge in [0.15, 0.2) is 0 Å². The number of carbonyl (C=O) groups excluding carboxylic acids is 2. The highest BCUT2D eigenvalue weighted by molar-refractivity contribution is 5.99. The Morgan fingerprint density at radius 1 is 1.18 bits per heavy atom. The van der Waals surface area contributed by atoms with Crippen molar-refractivity contribution in [1.82, 2.24) is 9.97 Å². The fourth-order valence-corrected chi connectivity index (χ4v) is 2.56. The minimum absolute atomic E-state index is 0.0565. The molecule has 0 aliphatic carbocycles. The molecule has 0 saturated heterocycles. The van der Waals surface area contributed by atoms with E-state index in [4.69, 9.17) is 0 Å². The molecule has 2 aliphatic rings. The van der Waals surface area contributed by atoms with Crippen LogP contribution in [0.5, 0.6) is 0 Å². The van der Waals surface area contributed by atoms with Crippen LogP contribution in [0.1, 0.15) is 31.7 Å². The summed E-state index contributed by atoms with van der Waals surface area (Å²) in [4.78, 5) is 31.4. The van der Waals surface area contributed by atoms with Crippen LogP contribution in [0, 0.1) is 0 Å². The highest BCUT2D eigenvalue weighted by Crippen LogP contribution is 2.44. The van der Waals surface area contributed by atoms with Gasteiger partial charge < -0.3 is 10.6 Å². The molecule has 1 aromatic heterocycles. The Balaban J connectivity index is 2.24. The Hall–Kier alpha value is -1.98. The molecule has 0 spiro atoms. The van der Waals surface area contributed by atoms with Crippen molar-refractivity contribution in [2.24, 2.45) is 0 Å². The number of nitrogens with zero attached hydrogens (tertiary/aromatic N) is 2. The number of hydrogen-bond donors (Lipinski definition) is 2. The van der Waals surface area contributed by atoms with Gasteiger partial charge in [-0.25, -0.2) is 9.97 Å². The summed E-state index contributed by atoms with van der Waals surface area (Å²) < 4.78 is 0. The molecule has 0 fully saturated rings. The van der Waals surface area contributed by atoms with Crippen LogP contribution in [-0.2, 0) is 15.0 Å². The fraction of sp³-hybridized carbons (Fsp3) is 0.455. The first-order valence-electron chi connectivity index (χ1n) is 5.54. The topological polar surface area (TPSA) is 84.0 Å². The molecule has 1 atom stereocenters. The van der Waals surface area contributed by atoms with E-state index < -0.39 is 0 Å². The summed E-state index contributed by atoms with van der Waals surface area (Å²) in [5, 5.41) is 5.49. The van der Waals surface area contributed by atoms with Crippen LogP contribution in [0.15, 0.2) is 6.33 Å². The third-order valence-electron chi connectivity index (χ3n) is 3.42. The highest BCUT2D eigenvalue weighted by atomic mass is 16.2. The van der Waals surface area contributed by atoms with Crippen LogP contribution in [-0.4, -0.2) is 21.8 Å². The van der Waals surface area contributed by atoms with E-state index in [1.807, 2.05) is 6.92 Å². The second kappa shape index (κ2) is 3.26. The lowest BCUT2D eigenvalue weighted by Crippen LogP contribution is -2.35. The average Bonchev–Trinajstić information content (AvgIpc) is 2.37. The Morgan fingerprint density at radius 3 is 2.53 bits per heavy atom. The molecule has 88 valence electrons. The normalized spacial score (nSPS) is 26.6. The molecule has 0 radical (unpaired) electrons. The maximum Gasteiger partial charge on any atom is 0.226 e. The lowest BCUT2D eigenvalue weighted by Gasteiger charge is -2.33. The van der Waals surface area contributed by atoms with E-state index in [1.165, 1.54) is 6.33 Å². The van der Waals surface area contributed by atoms with Crippen molar-refractivity contribution in [3.8, 4) is 0 Å². The number of hydrogen-bond acceptors (Lipinski definition) is 4. The molecular formula is C11H12N4O2. The molecule has 3 heterocycles. The zero-order valence-corrected chi connectivity index (χ0v) is 9.41. The Bertz CT molecular complexity index is 528. The number of anilines is 2. The van der Waals surface area contributed by atoms with Gasteiger partial charge in [-0.3, -0.25) is 9.59 Å². The highest BCUT2D eigenvalue weighted by Gasteiger charge is 2.41. The number of carbonyl (C=O) groups is 2. The van der Waals surface area contributed by atoms with E-state index in [0.29, 0.717) is 30.9 Å². The quantitative estimate of drug-likeness (QED) is 0.693. The average molecular weight is 232 g/mol. The second-order valence-corrected chi connectivity index (χ2v) is 4.78. The van der Waals surface area contributed by atoms with E-state index in [2.05, 4.69) is 20.6 Å². The first-order valence-corrected chi connectivity index (χ1v) is 5.54. The minimum Gasteiger partial charge on any atom is -0.310 e. The molecule has 1 aromatic rings. The predicted molar refractivity (Wildman–Crippen MR) is 60.5 cm³/mol. The monoisotopic (exact) mass is 232 g/mol. The van der Waals surface area contributed by atoms with E-state index in [0.717, 1.165) is 5.56 Å². The largest absolute Gasteiger partial charge is 0.310 e. The number of nitrogens with one attached hydrogen (secondary N) is 2. The molecule has 6 nitrogen and oxygen atoms in total. The van der Waals surface area contributed by atoms with E-state index in [1.54, 1.807) is 0 Å². The van der Waals surface area contributed by atoms with Gasteiger partial charge in [-0.2, -0.15) is 0 Å². The molecule has 6 heteroatoms. The molecule has 0 saturated carbocycles. The lowest BCUT2D eigenvalue weighted by atomic mass is 9.74. The molecule has 3 rings (SSSR count). The molecule has 0 bridgehead atoms. The number of rotatable bonds is 0. The summed E-state index contributed by atoms with van der Waals surface area (Å²) >= 11 is 0. The summed E-state index contributed by atoms with van der Waals surface area (Å²) in [5.41, 5.74) is 0.499. The van der Waals surface area contributed by atoms with Gasteiger partial charge >= 0.3 is 0 Å². The van der Waals surface area contributed by atoms with Gasteiger partial charge in [0.05, 0.1) is 0 Å². The van der Waals surface area contributed by atoms with Gasteiger partial charge in [0.1, 0.15) is 18.0 Å². The van der Waals surface area contributed by atoms with Gasteiger partial charge in [-0.1, -0.05) is 6.92 Å². The summed E-state index contributed by atoms with van der Waals surface area (Å²) in [7, 11) is 0. The van der Waals surface area contributed by atoms with Crippen molar-refractivity contribution < 1.29 is 9.59 Å². The number of aromatic nitrogens is 2. The van der Waals surface area contributed by atoms with Crippen molar-refractivity contribution in [3.63, 3.8) is 0 Å². The standard InChI is InChI=1S/C11H12N4O2/c1-11-3-2-6(16)14-9-8(11)10(13-5-12-9)15-7(17)4-11/h5H,2-4H2,1H3,(H2,12,13,14,15,16,17). The van der Waals surface area contributed by atoms with E-state index >= 15 is 0 Å². The molecule has 2 amide bonds. The SMILES string of the molecule is CC12CCC(=O)Nc3ncnc(c31)NC(=O)C2. The zero-order valence-electron chi connectivity index (χ0n) is 9.41. The van der Waals surface area contributed by atoms with Gasteiger partial charge in [0.25, 0.3) is 0 Å². The Labute approximate surface area is 97.8 Å². The number of amides is 2. The summed E-state index contributed by atoms with van der Waals surface area (Å²) in [6.07, 6.45) is 2.76. The van der Waals surface area contributed by atoms with Gasteiger partial charge in [0.2, 0.25) is 11.8 Å². The van der Waals surface area contributed by atoms with Crippen molar-refractivity contribution in [3.05, 3.63) is 11.9 Å². The molecule has 2 aliphatic heterocycles. The van der Waals surface area contributed by atoms with Crippen LogP contribution < -0.4 is 10.6 Å². The van der Waals surface area contributed by atoms with Crippen molar-refractivity contribution in [2.75, 3.05) is 10.6 Å². The molecule has 17 heavy (non-hydrogen) atoms. The van der Waals surface area contributed by atoms with Gasteiger partial charge in [-0.15, -0.1) is 0 Å². The van der Waals surface area contributed by atoms with Crippen molar-refractivity contribution in [1.29, 1.82) is 0 Å². The smallest absolute Gasteiger partial charge is 0.226 e. The third kappa shape index (κ3) is 1.48. The minimum atomic E-state index is -0.354. The first kappa shape index (κ1) is 10.2. The summed E-state index contributed by atoms with van der Waals surface area (Å²) in [5.74, 6) is 0.934. The van der Waals surface area contributed by atoms with Gasteiger partial charge in [-0.05, 0) is 6.42 Å². The molecule has 2 N–H and O–H groups in total. The van der Waals surface area contributed by atoms with Crippen LogP contribution in [0.2, 0.25) is 0 Å². The van der Waals surface area contributed by atoms with E-state index in [9.17, 15) is 9.59 Å². The van der Waals surface area contributed by atoms with Crippen LogP contribution in [0.4, 0.5) is 11.6 Å². The Kier molecular flexibility index (Phi) is 1.95. The lowest BCUT2D eigenvalue weighted by molar-refractivity contribution is -0.119. The summed E-state index contributed by atoms with van der Waals surface area (Å²) in [6, 6.07) is 0. The van der Waals surface area contributed by atoms with Crippen molar-refractivity contribution in [2.45, 2.75) is 31.6 Å². The van der Waals surface area contributed by atoms with Crippen LogP contribution in [0.3, 0.4) is 0 Å². The van der Waals surface area contributed by atoms with Crippen molar-refractivity contribution >= 4 is 23.5 Å². The molecule has 1 unspecified atom stereocenters. The van der Waals surface area contributed by atoms with E-state index in [-0.39, 0.29) is 17.2 Å².